The fourth-order valence-corrected chi connectivity index (χ4v) is 2.80. The molecule has 5 nitrogen and oxygen atoms in total. The number of anilines is 1. The average molecular weight is 403 g/mol. The summed E-state index contributed by atoms with van der Waals surface area (Å²) >= 11 is 12.2. The first-order valence-electron chi connectivity index (χ1n) is 8.15. The van der Waals surface area contributed by atoms with E-state index < -0.39 is 4.92 Å². The van der Waals surface area contributed by atoms with Crippen molar-refractivity contribution in [3.63, 3.8) is 0 Å². The Balaban J connectivity index is 1.57. The highest BCUT2D eigenvalue weighted by Crippen LogP contribution is 2.27. The molecule has 7 heteroatoms. The molecule has 3 rings (SSSR count). The topological polar surface area (TPSA) is 64.4 Å². The Morgan fingerprint density at radius 2 is 1.59 bits per heavy atom. The average Bonchev–Trinajstić information content (AvgIpc) is 2.67. The van der Waals surface area contributed by atoms with E-state index in [1.165, 1.54) is 12.1 Å². The summed E-state index contributed by atoms with van der Waals surface area (Å²) in [5.41, 5.74) is 2.85. The van der Waals surface area contributed by atoms with Crippen molar-refractivity contribution in [2.75, 3.05) is 5.32 Å². The molecule has 0 heterocycles. The smallest absolute Gasteiger partial charge is 0.269 e. The van der Waals surface area contributed by atoms with Crippen LogP contribution in [0.3, 0.4) is 0 Å². The fraction of sp³-hybridized carbons (Fsp3) is 0.100. The summed E-state index contributed by atoms with van der Waals surface area (Å²) in [5, 5.41) is 15.2. The molecule has 0 fully saturated rings. The van der Waals surface area contributed by atoms with Crippen LogP contribution >= 0.6 is 23.2 Å². The van der Waals surface area contributed by atoms with Gasteiger partial charge in [0.2, 0.25) is 0 Å². The van der Waals surface area contributed by atoms with E-state index in [4.69, 9.17) is 27.9 Å². The van der Waals surface area contributed by atoms with Crippen LogP contribution in [0.1, 0.15) is 11.1 Å². The molecule has 0 aliphatic carbocycles. The number of ether oxygens (including phenoxy) is 1. The van der Waals surface area contributed by atoms with E-state index in [2.05, 4.69) is 5.32 Å². The number of hydrogen-bond acceptors (Lipinski definition) is 4. The number of nitrogens with zero attached hydrogens (tertiary/aromatic N) is 1. The van der Waals surface area contributed by atoms with E-state index in [-0.39, 0.29) is 12.3 Å². The standard InChI is InChI=1S/C20H16Cl2N2O3/c21-16-4-6-17(7-5-16)23-12-15-3-10-20(19(22)11-15)27-13-14-1-8-18(9-2-14)24(25)26/h1-11,23H,12-13H2. The van der Waals surface area contributed by atoms with E-state index in [1.807, 2.05) is 42.5 Å². The Bertz CT molecular complexity index is 929. The van der Waals surface area contributed by atoms with Crippen molar-refractivity contribution in [1.29, 1.82) is 0 Å². The molecule has 0 aliphatic heterocycles. The van der Waals surface area contributed by atoms with E-state index in [1.54, 1.807) is 12.1 Å². The van der Waals surface area contributed by atoms with Gasteiger partial charge in [0.15, 0.2) is 0 Å². The van der Waals surface area contributed by atoms with Gasteiger partial charge in [0.1, 0.15) is 12.4 Å². The number of nitro groups is 1. The molecule has 1 N–H and O–H groups in total. The van der Waals surface area contributed by atoms with Crippen LogP contribution in [0.15, 0.2) is 66.7 Å². The maximum Gasteiger partial charge on any atom is 0.269 e. The minimum Gasteiger partial charge on any atom is -0.487 e. The van der Waals surface area contributed by atoms with Crippen molar-refractivity contribution < 1.29 is 9.66 Å². The van der Waals surface area contributed by atoms with Gasteiger partial charge in [-0.1, -0.05) is 29.3 Å². The molecule has 0 saturated carbocycles. The molecule has 0 unspecified atom stereocenters. The molecule has 3 aromatic carbocycles. The fourth-order valence-electron chi connectivity index (χ4n) is 2.42. The first-order chi connectivity index (χ1) is 13.0. The van der Waals surface area contributed by atoms with E-state index in [0.717, 1.165) is 16.8 Å². The lowest BCUT2D eigenvalue weighted by Crippen LogP contribution is -2.00. The molecule has 0 spiro atoms. The zero-order valence-electron chi connectivity index (χ0n) is 14.2. The van der Waals surface area contributed by atoms with Gasteiger partial charge in [-0.2, -0.15) is 0 Å². The summed E-state index contributed by atoms with van der Waals surface area (Å²) in [5.74, 6) is 0.560. The largest absolute Gasteiger partial charge is 0.487 e. The van der Waals surface area contributed by atoms with Crippen LogP contribution in [0, 0.1) is 10.1 Å². The number of benzene rings is 3. The summed E-state index contributed by atoms with van der Waals surface area (Å²) in [4.78, 5) is 10.2. The van der Waals surface area contributed by atoms with Gasteiger partial charge in [0, 0.05) is 29.4 Å². The first kappa shape index (κ1) is 19.0. The molecule has 3 aromatic rings. The Labute approximate surface area is 166 Å². The molecule has 0 bridgehead atoms. The Kier molecular flexibility index (Phi) is 6.16. The third kappa shape index (κ3) is 5.36. The van der Waals surface area contributed by atoms with Gasteiger partial charge in [-0.3, -0.25) is 10.1 Å². The van der Waals surface area contributed by atoms with Crippen LogP contribution in [0.2, 0.25) is 10.0 Å². The lowest BCUT2D eigenvalue weighted by Gasteiger charge is -2.11. The molecule has 0 radical (unpaired) electrons. The van der Waals surface area contributed by atoms with Crippen molar-refractivity contribution in [3.8, 4) is 5.75 Å². The van der Waals surface area contributed by atoms with E-state index in [9.17, 15) is 10.1 Å². The molecular weight excluding hydrogens is 387 g/mol. The zero-order chi connectivity index (χ0) is 19.2. The van der Waals surface area contributed by atoms with Gasteiger partial charge in [0.25, 0.3) is 5.69 Å². The Hall–Kier alpha value is -2.76. The maximum absolute atomic E-state index is 10.7. The van der Waals surface area contributed by atoms with E-state index >= 15 is 0 Å². The van der Waals surface area contributed by atoms with Crippen LogP contribution in [0.5, 0.6) is 5.75 Å². The van der Waals surface area contributed by atoms with Gasteiger partial charge in [-0.05, 0) is 59.7 Å². The van der Waals surface area contributed by atoms with E-state index in [0.29, 0.717) is 22.3 Å². The highest BCUT2D eigenvalue weighted by molar-refractivity contribution is 6.32. The minimum atomic E-state index is -0.432. The number of rotatable bonds is 7. The highest BCUT2D eigenvalue weighted by Gasteiger charge is 2.07. The van der Waals surface area contributed by atoms with Crippen LogP contribution in [-0.4, -0.2) is 4.92 Å². The number of nitrogens with one attached hydrogen (secondary N) is 1. The van der Waals surface area contributed by atoms with Crippen LogP contribution < -0.4 is 10.1 Å². The zero-order valence-corrected chi connectivity index (χ0v) is 15.7. The number of halogens is 2. The third-order valence-electron chi connectivity index (χ3n) is 3.88. The minimum absolute atomic E-state index is 0.0503. The normalized spacial score (nSPS) is 10.4. The van der Waals surface area contributed by atoms with Crippen LogP contribution in [-0.2, 0) is 13.2 Å². The first-order valence-corrected chi connectivity index (χ1v) is 8.91. The van der Waals surface area contributed by atoms with Crippen molar-refractivity contribution in [1.82, 2.24) is 0 Å². The van der Waals surface area contributed by atoms with Crippen molar-refractivity contribution in [3.05, 3.63) is 98.0 Å². The van der Waals surface area contributed by atoms with Crippen molar-refractivity contribution >= 4 is 34.6 Å². The van der Waals surface area contributed by atoms with Gasteiger partial charge >= 0.3 is 0 Å². The molecule has 0 saturated heterocycles. The van der Waals surface area contributed by atoms with Gasteiger partial charge in [0.05, 0.1) is 9.95 Å². The molecule has 0 atom stereocenters. The quantitative estimate of drug-likeness (QED) is 0.383. The van der Waals surface area contributed by atoms with Gasteiger partial charge in [-0.25, -0.2) is 0 Å². The predicted octanol–water partition coefficient (Wildman–Crippen LogP) is 6.09. The van der Waals surface area contributed by atoms with Crippen LogP contribution in [0.25, 0.3) is 0 Å². The molecule has 27 heavy (non-hydrogen) atoms. The summed E-state index contributed by atoms with van der Waals surface area (Å²) in [6, 6.07) is 19.3. The summed E-state index contributed by atoms with van der Waals surface area (Å²) in [6.45, 7) is 0.893. The summed E-state index contributed by atoms with van der Waals surface area (Å²) < 4.78 is 5.72. The van der Waals surface area contributed by atoms with Crippen molar-refractivity contribution in [2.45, 2.75) is 13.2 Å². The number of nitro benzene ring substituents is 1. The predicted molar refractivity (Wildman–Crippen MR) is 108 cm³/mol. The van der Waals surface area contributed by atoms with Gasteiger partial charge in [-0.15, -0.1) is 0 Å². The Morgan fingerprint density at radius 1 is 0.926 bits per heavy atom. The summed E-state index contributed by atoms with van der Waals surface area (Å²) in [7, 11) is 0. The molecule has 0 aromatic heterocycles. The van der Waals surface area contributed by atoms with Gasteiger partial charge < -0.3 is 10.1 Å². The second-order valence-corrected chi connectivity index (χ2v) is 6.68. The number of non-ortho nitro benzene ring substituents is 1. The molecular formula is C20H16Cl2N2O3. The van der Waals surface area contributed by atoms with Crippen molar-refractivity contribution in [2.24, 2.45) is 0 Å². The molecule has 0 amide bonds. The second-order valence-electron chi connectivity index (χ2n) is 5.84. The SMILES string of the molecule is O=[N+]([O-])c1ccc(COc2ccc(CNc3ccc(Cl)cc3)cc2Cl)cc1. The highest BCUT2D eigenvalue weighted by atomic mass is 35.5. The second kappa shape index (κ2) is 8.75. The molecule has 138 valence electrons. The summed E-state index contributed by atoms with van der Waals surface area (Å²) in [6.07, 6.45) is 0. The monoisotopic (exact) mass is 402 g/mol. The lowest BCUT2D eigenvalue weighted by molar-refractivity contribution is -0.384. The lowest BCUT2D eigenvalue weighted by atomic mass is 10.2. The van der Waals surface area contributed by atoms with Crippen LogP contribution in [0.4, 0.5) is 11.4 Å². The maximum atomic E-state index is 10.7. The molecule has 0 aliphatic rings. The number of hydrogen-bond donors (Lipinski definition) is 1. The third-order valence-corrected chi connectivity index (χ3v) is 4.43. The Morgan fingerprint density at radius 3 is 2.22 bits per heavy atom.